The van der Waals surface area contributed by atoms with E-state index in [1.165, 1.54) is 11.3 Å². The van der Waals surface area contributed by atoms with Gasteiger partial charge < -0.3 is 11.1 Å². The highest BCUT2D eigenvalue weighted by Crippen LogP contribution is 2.26. The molecular weight excluding hydrogens is 234 g/mol. The van der Waals surface area contributed by atoms with Crippen LogP contribution < -0.4 is 11.1 Å². The van der Waals surface area contributed by atoms with Gasteiger partial charge in [-0.25, -0.2) is 4.98 Å². The van der Waals surface area contributed by atoms with Crippen molar-refractivity contribution in [1.82, 2.24) is 4.98 Å². The van der Waals surface area contributed by atoms with Gasteiger partial charge >= 0.3 is 0 Å². The summed E-state index contributed by atoms with van der Waals surface area (Å²) in [7, 11) is 0. The molecule has 0 aliphatic heterocycles. The molecule has 0 aliphatic carbocycles. The third-order valence-corrected chi connectivity index (χ3v) is 3.46. The topological polar surface area (TPSA) is 68.0 Å². The minimum Gasteiger partial charge on any atom is -0.327 e. The van der Waals surface area contributed by atoms with Gasteiger partial charge in [-0.05, 0) is 6.92 Å². The quantitative estimate of drug-likeness (QED) is 0.871. The van der Waals surface area contributed by atoms with Crippen LogP contribution in [0.3, 0.4) is 0 Å². The number of hydrogen-bond donors (Lipinski definition) is 2. The van der Waals surface area contributed by atoms with Gasteiger partial charge in [-0.2, -0.15) is 0 Å². The lowest BCUT2D eigenvalue weighted by atomic mass is 9.93. The molecule has 0 aliphatic rings. The number of rotatable bonds is 3. The van der Waals surface area contributed by atoms with E-state index in [1.807, 2.05) is 19.2 Å². The predicted octanol–water partition coefficient (Wildman–Crippen LogP) is 2.36. The van der Waals surface area contributed by atoms with Gasteiger partial charge in [0.25, 0.3) is 0 Å². The van der Waals surface area contributed by atoms with Crippen LogP contribution in [0.5, 0.6) is 0 Å². The first kappa shape index (κ1) is 14.1. The molecule has 4 nitrogen and oxygen atoms in total. The Balaban J connectivity index is 2.71. The molecule has 1 rings (SSSR count). The van der Waals surface area contributed by atoms with Crippen molar-refractivity contribution in [3.8, 4) is 0 Å². The lowest BCUT2D eigenvalue weighted by Crippen LogP contribution is -2.34. The summed E-state index contributed by atoms with van der Waals surface area (Å²) in [4.78, 5) is 16.2. The van der Waals surface area contributed by atoms with Crippen LogP contribution in [0.25, 0.3) is 0 Å². The molecule has 2 unspecified atom stereocenters. The molecule has 3 N–H and O–H groups in total. The van der Waals surface area contributed by atoms with Crippen LogP contribution in [0, 0.1) is 5.92 Å². The van der Waals surface area contributed by atoms with Gasteiger partial charge in [0.05, 0.1) is 11.6 Å². The normalized spacial score (nSPS) is 15.4. The van der Waals surface area contributed by atoms with Crippen molar-refractivity contribution in [2.75, 3.05) is 5.32 Å². The van der Waals surface area contributed by atoms with Gasteiger partial charge in [0.15, 0.2) is 5.13 Å². The van der Waals surface area contributed by atoms with E-state index in [-0.39, 0.29) is 23.3 Å². The van der Waals surface area contributed by atoms with Gasteiger partial charge in [0, 0.05) is 16.8 Å². The Bertz CT molecular complexity index is 393. The van der Waals surface area contributed by atoms with E-state index in [4.69, 9.17) is 5.73 Å². The second-order valence-electron chi connectivity index (χ2n) is 5.42. The number of thiazole rings is 1. The molecule has 1 aromatic heterocycles. The average Bonchev–Trinajstić information content (AvgIpc) is 2.64. The standard InChI is InChI=1S/C12H21N3OS/c1-7(8(2)13)10(16)15-11-14-9(6-17-11)12(3,4)5/h6-8H,13H2,1-5H3,(H,14,15,16). The molecule has 1 heterocycles. The highest BCUT2D eigenvalue weighted by Gasteiger charge is 2.21. The first-order chi connectivity index (χ1) is 7.71. The molecule has 0 fully saturated rings. The van der Waals surface area contributed by atoms with Crippen LogP contribution in [0.2, 0.25) is 0 Å². The van der Waals surface area contributed by atoms with E-state index in [9.17, 15) is 4.79 Å². The molecule has 1 aromatic rings. The molecule has 0 saturated heterocycles. The van der Waals surface area contributed by atoms with E-state index in [0.29, 0.717) is 5.13 Å². The average molecular weight is 255 g/mol. The maximum absolute atomic E-state index is 11.8. The first-order valence-corrected chi connectivity index (χ1v) is 6.62. The van der Waals surface area contributed by atoms with Crippen LogP contribution >= 0.6 is 11.3 Å². The fourth-order valence-electron chi connectivity index (χ4n) is 1.13. The van der Waals surface area contributed by atoms with Crippen molar-refractivity contribution >= 4 is 22.4 Å². The summed E-state index contributed by atoms with van der Waals surface area (Å²) in [6.45, 7) is 9.93. The zero-order valence-corrected chi connectivity index (χ0v) is 11.9. The largest absolute Gasteiger partial charge is 0.327 e. The van der Waals surface area contributed by atoms with Crippen LogP contribution in [-0.4, -0.2) is 16.9 Å². The van der Waals surface area contributed by atoms with E-state index < -0.39 is 0 Å². The number of carbonyl (C=O) groups is 1. The number of aromatic nitrogens is 1. The van der Waals surface area contributed by atoms with Gasteiger partial charge in [-0.1, -0.05) is 27.7 Å². The maximum atomic E-state index is 11.8. The minimum atomic E-state index is -0.211. The van der Waals surface area contributed by atoms with Crippen molar-refractivity contribution in [3.05, 3.63) is 11.1 Å². The molecule has 2 atom stereocenters. The fourth-order valence-corrected chi connectivity index (χ4v) is 2.07. The van der Waals surface area contributed by atoms with E-state index in [2.05, 4.69) is 31.1 Å². The van der Waals surface area contributed by atoms with Gasteiger partial charge in [-0.15, -0.1) is 11.3 Å². The molecule has 17 heavy (non-hydrogen) atoms. The van der Waals surface area contributed by atoms with Gasteiger partial charge in [0.1, 0.15) is 0 Å². The Morgan fingerprint density at radius 3 is 2.47 bits per heavy atom. The summed E-state index contributed by atoms with van der Waals surface area (Å²) in [5, 5.41) is 5.43. The number of nitrogens with two attached hydrogens (primary N) is 1. The molecule has 0 aromatic carbocycles. The summed E-state index contributed by atoms with van der Waals surface area (Å²) in [6.07, 6.45) is 0. The number of carbonyl (C=O) groups excluding carboxylic acids is 1. The van der Waals surface area contributed by atoms with Crippen molar-refractivity contribution < 1.29 is 4.79 Å². The highest BCUT2D eigenvalue weighted by molar-refractivity contribution is 7.13. The van der Waals surface area contributed by atoms with Crippen molar-refractivity contribution in [2.24, 2.45) is 11.7 Å². The molecule has 0 saturated carbocycles. The lowest BCUT2D eigenvalue weighted by Gasteiger charge is -2.15. The Hall–Kier alpha value is -0.940. The van der Waals surface area contributed by atoms with Gasteiger partial charge in [-0.3, -0.25) is 4.79 Å². The molecule has 1 amide bonds. The van der Waals surface area contributed by atoms with Crippen molar-refractivity contribution in [3.63, 3.8) is 0 Å². The van der Waals surface area contributed by atoms with Crippen LogP contribution in [0.4, 0.5) is 5.13 Å². The fraction of sp³-hybridized carbons (Fsp3) is 0.667. The second kappa shape index (κ2) is 5.14. The number of hydrogen-bond acceptors (Lipinski definition) is 4. The number of nitrogens with zero attached hydrogens (tertiary/aromatic N) is 1. The molecule has 0 bridgehead atoms. The number of amides is 1. The second-order valence-corrected chi connectivity index (χ2v) is 6.28. The monoisotopic (exact) mass is 255 g/mol. The third-order valence-electron chi connectivity index (χ3n) is 2.70. The maximum Gasteiger partial charge on any atom is 0.230 e. The minimum absolute atomic E-state index is 0.00620. The molecule has 0 radical (unpaired) electrons. The molecule has 0 spiro atoms. The zero-order valence-electron chi connectivity index (χ0n) is 11.1. The van der Waals surface area contributed by atoms with Crippen molar-refractivity contribution in [1.29, 1.82) is 0 Å². The smallest absolute Gasteiger partial charge is 0.230 e. The highest BCUT2D eigenvalue weighted by atomic mass is 32.1. The molecule has 5 heteroatoms. The van der Waals surface area contributed by atoms with E-state index in [0.717, 1.165) is 5.69 Å². The van der Waals surface area contributed by atoms with Crippen LogP contribution in [-0.2, 0) is 10.2 Å². The molecule has 96 valence electrons. The van der Waals surface area contributed by atoms with Crippen molar-refractivity contribution in [2.45, 2.75) is 46.1 Å². The Kier molecular flexibility index (Phi) is 4.27. The predicted molar refractivity (Wildman–Crippen MR) is 72.3 cm³/mol. The lowest BCUT2D eigenvalue weighted by molar-refractivity contribution is -0.119. The number of nitrogens with one attached hydrogen (secondary N) is 1. The van der Waals surface area contributed by atoms with Crippen LogP contribution in [0.15, 0.2) is 5.38 Å². The summed E-state index contributed by atoms with van der Waals surface area (Å²) in [5.41, 5.74) is 6.69. The Labute approximate surface area is 107 Å². The SMILES string of the molecule is CC(N)C(C)C(=O)Nc1nc(C(C)(C)C)cs1. The van der Waals surface area contributed by atoms with E-state index >= 15 is 0 Å². The summed E-state index contributed by atoms with van der Waals surface area (Å²) < 4.78 is 0. The summed E-state index contributed by atoms with van der Waals surface area (Å²) in [5.74, 6) is -0.285. The summed E-state index contributed by atoms with van der Waals surface area (Å²) >= 11 is 1.45. The Morgan fingerprint density at radius 1 is 1.47 bits per heavy atom. The Morgan fingerprint density at radius 2 is 2.06 bits per heavy atom. The van der Waals surface area contributed by atoms with E-state index in [1.54, 1.807) is 0 Å². The first-order valence-electron chi connectivity index (χ1n) is 5.74. The van der Waals surface area contributed by atoms with Crippen LogP contribution in [0.1, 0.15) is 40.3 Å². The summed E-state index contributed by atoms with van der Waals surface area (Å²) in [6, 6.07) is -0.156. The number of anilines is 1. The zero-order chi connectivity index (χ0) is 13.2. The molecular formula is C12H21N3OS. The van der Waals surface area contributed by atoms with Gasteiger partial charge in [0.2, 0.25) is 5.91 Å². The third kappa shape index (κ3) is 3.78.